The van der Waals surface area contributed by atoms with E-state index < -0.39 is 12.0 Å². The number of esters is 1. The van der Waals surface area contributed by atoms with E-state index in [2.05, 4.69) is 16.0 Å². The summed E-state index contributed by atoms with van der Waals surface area (Å²) in [5, 5.41) is 8.21. The van der Waals surface area contributed by atoms with Crippen molar-refractivity contribution in [2.45, 2.75) is 13.5 Å². The zero-order valence-electron chi connectivity index (χ0n) is 19.7. The number of halogens is 1. The number of nitrogens with one attached hydrogen (secondary N) is 3. The molecule has 3 aromatic carbocycles. The normalized spacial score (nSPS) is 10.3. The smallest absolute Gasteiger partial charge is 0.338 e. The molecule has 0 aliphatic rings. The number of urea groups is 1. The van der Waals surface area contributed by atoms with Gasteiger partial charge in [-0.3, -0.25) is 4.79 Å². The fourth-order valence-corrected chi connectivity index (χ4v) is 3.26. The van der Waals surface area contributed by atoms with Crippen LogP contribution < -0.4 is 20.9 Å². The Morgan fingerprint density at radius 1 is 0.886 bits per heavy atom. The molecule has 0 saturated carbocycles. The fourth-order valence-electron chi connectivity index (χ4n) is 3.26. The molecule has 9 heteroatoms. The molecule has 0 aliphatic carbocycles. The van der Waals surface area contributed by atoms with Crippen LogP contribution in [0.3, 0.4) is 0 Å². The highest BCUT2D eigenvalue weighted by Gasteiger charge is 2.15. The molecule has 3 N–H and O–H groups in total. The Hall–Kier alpha value is -4.40. The predicted molar refractivity (Wildman–Crippen MR) is 133 cm³/mol. The molecule has 0 aromatic heterocycles. The Bertz CT molecular complexity index is 1190. The molecular weight excluding hydrogens is 451 g/mol. The van der Waals surface area contributed by atoms with Gasteiger partial charge in [-0.05, 0) is 67.1 Å². The Kier molecular flexibility index (Phi) is 8.39. The Morgan fingerprint density at radius 3 is 2.14 bits per heavy atom. The maximum atomic E-state index is 13.1. The topological polar surface area (TPSA) is 99.8 Å². The molecule has 8 nitrogen and oxygen atoms in total. The van der Waals surface area contributed by atoms with E-state index in [1.165, 1.54) is 12.1 Å². The second-order valence-corrected chi connectivity index (χ2v) is 7.81. The van der Waals surface area contributed by atoms with Gasteiger partial charge < -0.3 is 25.6 Å². The summed E-state index contributed by atoms with van der Waals surface area (Å²) in [5.74, 6) is -1.12. The van der Waals surface area contributed by atoms with Crippen molar-refractivity contribution in [2.75, 3.05) is 36.2 Å². The minimum atomic E-state index is -0.510. The summed E-state index contributed by atoms with van der Waals surface area (Å²) in [6.45, 7) is 2.23. The van der Waals surface area contributed by atoms with E-state index in [-0.39, 0.29) is 24.9 Å². The second kappa shape index (κ2) is 11.6. The molecule has 0 radical (unpaired) electrons. The zero-order chi connectivity index (χ0) is 25.4. The SMILES string of the molecule is CCOC(=O)c1ccc(NC(=O)Nc2ccc(N(C)C)c(C(=O)NCc3ccc(F)cc3)c2)cc1. The Morgan fingerprint density at radius 2 is 1.51 bits per heavy atom. The number of carbonyl (C=O) groups is 3. The Labute approximate surface area is 203 Å². The number of anilines is 3. The average Bonchev–Trinajstić information content (AvgIpc) is 2.84. The van der Waals surface area contributed by atoms with Crippen molar-refractivity contribution in [1.29, 1.82) is 0 Å². The van der Waals surface area contributed by atoms with Crippen LogP contribution in [0, 0.1) is 5.82 Å². The van der Waals surface area contributed by atoms with Crippen molar-refractivity contribution in [3.63, 3.8) is 0 Å². The van der Waals surface area contributed by atoms with E-state index in [1.807, 2.05) is 14.1 Å². The third-order valence-electron chi connectivity index (χ3n) is 5.00. The molecule has 0 aliphatic heterocycles. The molecule has 0 heterocycles. The molecule has 0 bridgehead atoms. The third-order valence-corrected chi connectivity index (χ3v) is 5.00. The number of nitrogens with zero attached hydrogens (tertiary/aromatic N) is 1. The van der Waals surface area contributed by atoms with Gasteiger partial charge in [0, 0.05) is 37.7 Å². The molecule has 0 unspecified atom stereocenters. The van der Waals surface area contributed by atoms with Crippen LogP contribution >= 0.6 is 0 Å². The van der Waals surface area contributed by atoms with E-state index in [9.17, 15) is 18.8 Å². The molecule has 0 atom stereocenters. The van der Waals surface area contributed by atoms with Crippen LogP contribution in [0.5, 0.6) is 0 Å². The molecule has 35 heavy (non-hydrogen) atoms. The van der Waals surface area contributed by atoms with E-state index in [4.69, 9.17) is 4.74 Å². The number of hydrogen-bond acceptors (Lipinski definition) is 5. The number of hydrogen-bond donors (Lipinski definition) is 3. The van der Waals surface area contributed by atoms with Gasteiger partial charge in [0.05, 0.1) is 17.7 Å². The largest absolute Gasteiger partial charge is 0.462 e. The lowest BCUT2D eigenvalue weighted by Crippen LogP contribution is -2.26. The molecule has 0 fully saturated rings. The number of ether oxygens (including phenoxy) is 1. The maximum absolute atomic E-state index is 13.1. The summed E-state index contributed by atoms with van der Waals surface area (Å²) >= 11 is 0. The number of benzene rings is 3. The molecule has 3 aromatic rings. The molecule has 0 spiro atoms. The van der Waals surface area contributed by atoms with Crippen molar-refractivity contribution in [3.8, 4) is 0 Å². The predicted octanol–water partition coefficient (Wildman–Crippen LogP) is 4.64. The van der Waals surface area contributed by atoms with E-state index >= 15 is 0 Å². The van der Waals surface area contributed by atoms with Crippen LogP contribution in [0.15, 0.2) is 66.7 Å². The van der Waals surface area contributed by atoms with Crippen LogP contribution in [0.25, 0.3) is 0 Å². The van der Waals surface area contributed by atoms with Gasteiger partial charge in [-0.1, -0.05) is 12.1 Å². The van der Waals surface area contributed by atoms with E-state index in [0.29, 0.717) is 28.2 Å². The van der Waals surface area contributed by atoms with Crippen molar-refractivity contribution in [1.82, 2.24) is 5.32 Å². The minimum absolute atomic E-state index is 0.228. The lowest BCUT2D eigenvalue weighted by Gasteiger charge is -2.19. The van der Waals surface area contributed by atoms with Gasteiger partial charge in [0.1, 0.15) is 5.82 Å². The molecular formula is C26H27FN4O4. The summed E-state index contributed by atoms with van der Waals surface area (Å²) < 4.78 is 18.0. The highest BCUT2D eigenvalue weighted by atomic mass is 19.1. The fraction of sp³-hybridized carbons (Fsp3) is 0.192. The lowest BCUT2D eigenvalue weighted by atomic mass is 10.1. The summed E-state index contributed by atoms with van der Waals surface area (Å²) in [6, 6.07) is 16.7. The molecule has 3 amide bonds. The summed E-state index contributed by atoms with van der Waals surface area (Å²) in [4.78, 5) is 38.9. The first-order valence-electron chi connectivity index (χ1n) is 11.0. The first kappa shape index (κ1) is 25.2. The zero-order valence-corrected chi connectivity index (χ0v) is 19.7. The van der Waals surface area contributed by atoms with Crippen molar-refractivity contribution in [3.05, 3.63) is 89.2 Å². The van der Waals surface area contributed by atoms with Gasteiger partial charge in [0.25, 0.3) is 5.91 Å². The van der Waals surface area contributed by atoms with Gasteiger partial charge >= 0.3 is 12.0 Å². The summed E-state index contributed by atoms with van der Waals surface area (Å²) in [6.07, 6.45) is 0. The van der Waals surface area contributed by atoms with Gasteiger partial charge in [-0.2, -0.15) is 0 Å². The van der Waals surface area contributed by atoms with Crippen LogP contribution in [-0.2, 0) is 11.3 Å². The van der Waals surface area contributed by atoms with Gasteiger partial charge in [0.15, 0.2) is 0 Å². The lowest BCUT2D eigenvalue weighted by molar-refractivity contribution is 0.0526. The van der Waals surface area contributed by atoms with Crippen LogP contribution in [0.2, 0.25) is 0 Å². The minimum Gasteiger partial charge on any atom is -0.462 e. The molecule has 182 valence electrons. The summed E-state index contributed by atoms with van der Waals surface area (Å²) in [7, 11) is 3.62. The van der Waals surface area contributed by atoms with Gasteiger partial charge in [-0.15, -0.1) is 0 Å². The van der Waals surface area contributed by atoms with Crippen LogP contribution in [0.4, 0.5) is 26.2 Å². The first-order valence-corrected chi connectivity index (χ1v) is 11.0. The molecule has 0 saturated heterocycles. The van der Waals surface area contributed by atoms with Crippen LogP contribution in [0.1, 0.15) is 33.2 Å². The van der Waals surface area contributed by atoms with Crippen molar-refractivity contribution < 1.29 is 23.5 Å². The van der Waals surface area contributed by atoms with Gasteiger partial charge in [0.2, 0.25) is 0 Å². The van der Waals surface area contributed by atoms with Crippen molar-refractivity contribution >= 4 is 35.0 Å². The number of carbonyl (C=O) groups excluding carboxylic acids is 3. The average molecular weight is 479 g/mol. The molecule has 3 rings (SSSR count). The maximum Gasteiger partial charge on any atom is 0.338 e. The summed E-state index contributed by atoms with van der Waals surface area (Å²) in [5.41, 5.74) is 3.08. The van der Waals surface area contributed by atoms with Crippen molar-refractivity contribution in [2.24, 2.45) is 0 Å². The van der Waals surface area contributed by atoms with Gasteiger partial charge in [-0.25, -0.2) is 14.0 Å². The first-order chi connectivity index (χ1) is 16.8. The number of amides is 3. The highest BCUT2D eigenvalue weighted by Crippen LogP contribution is 2.23. The highest BCUT2D eigenvalue weighted by molar-refractivity contribution is 6.04. The number of rotatable bonds is 8. The van der Waals surface area contributed by atoms with E-state index in [1.54, 1.807) is 66.4 Å². The van der Waals surface area contributed by atoms with Crippen LogP contribution in [-0.4, -0.2) is 38.6 Å². The van der Waals surface area contributed by atoms with E-state index in [0.717, 1.165) is 5.56 Å². The monoisotopic (exact) mass is 478 g/mol. The third kappa shape index (κ3) is 7.04. The second-order valence-electron chi connectivity index (χ2n) is 7.81. The Balaban J connectivity index is 1.67. The quantitative estimate of drug-likeness (QED) is 0.410. The standard InChI is InChI=1S/C26H27FN4O4/c1-4-35-25(33)18-7-11-20(12-8-18)29-26(34)30-21-13-14-23(31(2)3)22(15-21)24(32)28-16-17-5-9-19(27)10-6-17/h5-15H,4,16H2,1-3H3,(H,28,32)(H2,29,30,34).